The lowest BCUT2D eigenvalue weighted by molar-refractivity contribution is 0.352. The Kier molecular flexibility index (Phi) is 9.44. The average molecular weight is 568 g/mol. The molecule has 0 saturated carbocycles. The van der Waals surface area contributed by atoms with Crippen molar-refractivity contribution < 1.29 is 27.0 Å². The predicted molar refractivity (Wildman–Crippen MR) is 154 cm³/mol. The van der Waals surface area contributed by atoms with Crippen molar-refractivity contribution >= 4 is 26.6 Å². The fourth-order valence-electron chi connectivity index (χ4n) is 4.53. The molecule has 4 aromatic rings. The number of ether oxygens (including phenoxy) is 3. The molecule has 4 rings (SSSR count). The summed E-state index contributed by atoms with van der Waals surface area (Å²) in [6.07, 6.45) is 3.02. The predicted octanol–water partition coefficient (Wildman–Crippen LogP) is 5.87. The van der Waals surface area contributed by atoms with Crippen molar-refractivity contribution in [3.63, 3.8) is 0 Å². The van der Waals surface area contributed by atoms with Crippen LogP contribution < -0.4 is 19.5 Å². The summed E-state index contributed by atoms with van der Waals surface area (Å²) in [6.45, 7) is 2.42. The zero-order valence-electron chi connectivity index (χ0n) is 23.1. The van der Waals surface area contributed by atoms with Crippen LogP contribution in [0.4, 0.5) is 10.1 Å². The highest BCUT2D eigenvalue weighted by atomic mass is 32.2. The molecule has 3 aromatic carbocycles. The molecule has 1 N–H and O–H groups in total. The number of methoxy groups -OCH3 is 3. The second-order valence-corrected chi connectivity index (χ2v) is 11.4. The Hall–Kier alpha value is -3.89. The molecule has 0 fully saturated rings. The Morgan fingerprint density at radius 1 is 0.950 bits per heavy atom. The molecule has 1 aromatic heterocycles. The molecule has 0 aliphatic heterocycles. The van der Waals surface area contributed by atoms with E-state index < -0.39 is 15.8 Å². The first kappa shape index (κ1) is 29.1. The van der Waals surface area contributed by atoms with E-state index in [0.29, 0.717) is 24.3 Å². The lowest BCUT2D eigenvalue weighted by Gasteiger charge is -2.24. The van der Waals surface area contributed by atoms with Gasteiger partial charge in [0.1, 0.15) is 11.6 Å². The maximum absolute atomic E-state index is 13.6. The minimum Gasteiger partial charge on any atom is -0.497 e. The Morgan fingerprint density at radius 2 is 1.70 bits per heavy atom. The Labute approximate surface area is 234 Å². The monoisotopic (exact) mass is 567 g/mol. The Balaban J connectivity index is 1.52. The summed E-state index contributed by atoms with van der Waals surface area (Å²) >= 11 is 0. The molecule has 212 valence electrons. The molecule has 1 unspecified atom stereocenters. The lowest BCUT2D eigenvalue weighted by Crippen LogP contribution is -2.32. The maximum Gasteiger partial charge on any atom is 0.243 e. The van der Waals surface area contributed by atoms with Crippen LogP contribution in [0.5, 0.6) is 17.2 Å². The number of hydrogen-bond donors (Lipinski definition) is 1. The number of anilines is 1. The van der Waals surface area contributed by atoms with Gasteiger partial charge < -0.3 is 19.5 Å². The summed E-state index contributed by atoms with van der Waals surface area (Å²) in [5.41, 5.74) is 2.43. The summed E-state index contributed by atoms with van der Waals surface area (Å²) in [5, 5.41) is 4.47. The molecular weight excluding hydrogens is 533 g/mol. The molecule has 0 spiro atoms. The van der Waals surface area contributed by atoms with Crippen LogP contribution in [0.2, 0.25) is 0 Å². The van der Waals surface area contributed by atoms with Crippen LogP contribution in [0, 0.1) is 5.82 Å². The molecule has 8 nitrogen and oxygen atoms in total. The molecule has 0 radical (unpaired) electrons. The summed E-state index contributed by atoms with van der Waals surface area (Å²) < 4.78 is 58.4. The molecule has 0 aliphatic rings. The maximum atomic E-state index is 13.6. The highest BCUT2D eigenvalue weighted by Crippen LogP contribution is 2.30. The van der Waals surface area contributed by atoms with Crippen LogP contribution in [0.15, 0.2) is 77.8 Å². The van der Waals surface area contributed by atoms with Gasteiger partial charge in [-0.3, -0.25) is 4.98 Å². The topological polar surface area (TPSA) is 90.0 Å². The van der Waals surface area contributed by atoms with Crippen molar-refractivity contribution in [1.29, 1.82) is 0 Å². The van der Waals surface area contributed by atoms with Crippen molar-refractivity contribution in [3.05, 3.63) is 84.3 Å². The zero-order valence-corrected chi connectivity index (χ0v) is 23.9. The second kappa shape index (κ2) is 13.0. The normalized spacial score (nSPS) is 12.3. The van der Waals surface area contributed by atoms with Crippen LogP contribution in [0.25, 0.3) is 10.9 Å². The van der Waals surface area contributed by atoms with Gasteiger partial charge in [-0.15, -0.1) is 0 Å². The number of sulfonamides is 1. The van der Waals surface area contributed by atoms with Crippen molar-refractivity contribution in [2.45, 2.75) is 37.2 Å². The van der Waals surface area contributed by atoms with Crippen LogP contribution in [0.3, 0.4) is 0 Å². The first-order valence-corrected chi connectivity index (χ1v) is 14.3. The first-order chi connectivity index (χ1) is 19.2. The largest absolute Gasteiger partial charge is 0.497 e. The summed E-state index contributed by atoms with van der Waals surface area (Å²) in [4.78, 5) is 4.55. The van der Waals surface area contributed by atoms with Crippen LogP contribution >= 0.6 is 0 Å². The molecule has 0 saturated heterocycles. The van der Waals surface area contributed by atoms with Gasteiger partial charge in [0, 0.05) is 36.8 Å². The van der Waals surface area contributed by atoms with Gasteiger partial charge in [0.05, 0.1) is 37.4 Å². The van der Waals surface area contributed by atoms with Crippen LogP contribution in [0.1, 0.15) is 25.3 Å². The third-order valence-electron chi connectivity index (χ3n) is 6.62. The minimum atomic E-state index is -3.90. The van der Waals surface area contributed by atoms with Gasteiger partial charge in [-0.05, 0) is 73.9 Å². The van der Waals surface area contributed by atoms with E-state index in [-0.39, 0.29) is 24.0 Å². The summed E-state index contributed by atoms with van der Waals surface area (Å²) in [6, 6.07) is 17.9. The summed E-state index contributed by atoms with van der Waals surface area (Å²) in [5.74, 6) is 1.29. The highest BCUT2D eigenvalue weighted by molar-refractivity contribution is 7.89. The SMILES string of the molecule is COc1cc(NC(C)CCCN(Cc2ccc(OC)c(OC)c2)S(=O)(=O)c2ccc(F)cc2)c2ncccc2c1. The van der Waals surface area contributed by atoms with Gasteiger partial charge in [0.15, 0.2) is 11.5 Å². The van der Waals surface area contributed by atoms with Crippen molar-refractivity contribution in [2.75, 3.05) is 33.2 Å². The number of nitrogens with zero attached hydrogens (tertiary/aromatic N) is 2. The van der Waals surface area contributed by atoms with Gasteiger partial charge in [0.2, 0.25) is 10.0 Å². The van der Waals surface area contributed by atoms with E-state index in [1.165, 1.54) is 23.5 Å². The number of pyridine rings is 1. The Morgan fingerprint density at radius 3 is 2.40 bits per heavy atom. The minimum absolute atomic E-state index is 0.0220. The lowest BCUT2D eigenvalue weighted by atomic mass is 10.1. The van der Waals surface area contributed by atoms with Crippen molar-refractivity contribution in [2.24, 2.45) is 0 Å². The van der Waals surface area contributed by atoms with Crippen LogP contribution in [-0.2, 0) is 16.6 Å². The molecule has 0 bridgehead atoms. The Bertz CT molecular complexity index is 1550. The van der Waals surface area contributed by atoms with Gasteiger partial charge in [0.25, 0.3) is 0 Å². The van der Waals surface area contributed by atoms with E-state index in [4.69, 9.17) is 14.2 Å². The van der Waals surface area contributed by atoms with Gasteiger partial charge in [-0.1, -0.05) is 12.1 Å². The molecule has 0 aliphatic carbocycles. The molecule has 0 amide bonds. The number of hydrogen-bond acceptors (Lipinski definition) is 7. The number of rotatable bonds is 13. The first-order valence-electron chi connectivity index (χ1n) is 12.9. The fraction of sp³-hybridized carbons (Fsp3) is 0.300. The van der Waals surface area contributed by atoms with Crippen molar-refractivity contribution in [3.8, 4) is 17.2 Å². The number of aromatic nitrogens is 1. The van der Waals surface area contributed by atoms with E-state index in [1.54, 1.807) is 38.6 Å². The van der Waals surface area contributed by atoms with E-state index in [2.05, 4.69) is 10.3 Å². The average Bonchev–Trinajstić information content (AvgIpc) is 2.96. The standard InChI is InChI=1S/C30H34FN3O5S/c1-21(33-27-19-25(37-2)18-23-8-5-15-32-30(23)27)7-6-16-34(40(35,36)26-12-10-24(31)11-13-26)20-22-9-14-28(38-3)29(17-22)39-4/h5,8-15,17-19,21,33H,6-7,16,20H2,1-4H3. The molecule has 40 heavy (non-hydrogen) atoms. The molecular formula is C30H34FN3O5S. The van der Waals surface area contributed by atoms with Gasteiger partial charge in [-0.25, -0.2) is 12.8 Å². The van der Waals surface area contributed by atoms with Crippen molar-refractivity contribution in [1.82, 2.24) is 9.29 Å². The smallest absolute Gasteiger partial charge is 0.243 e. The van der Waals surface area contributed by atoms with E-state index in [0.717, 1.165) is 40.0 Å². The molecule has 1 heterocycles. The third-order valence-corrected chi connectivity index (χ3v) is 8.48. The number of halogens is 1. The number of nitrogens with one attached hydrogen (secondary N) is 1. The van der Waals surface area contributed by atoms with E-state index in [1.807, 2.05) is 31.2 Å². The zero-order chi connectivity index (χ0) is 28.7. The quantitative estimate of drug-likeness (QED) is 0.216. The van der Waals surface area contributed by atoms with Gasteiger partial charge in [-0.2, -0.15) is 4.31 Å². The molecule has 1 atom stereocenters. The third kappa shape index (κ3) is 6.81. The van der Waals surface area contributed by atoms with E-state index >= 15 is 0 Å². The number of benzene rings is 3. The summed E-state index contributed by atoms with van der Waals surface area (Å²) in [7, 11) is 0.802. The highest BCUT2D eigenvalue weighted by Gasteiger charge is 2.25. The van der Waals surface area contributed by atoms with Gasteiger partial charge >= 0.3 is 0 Å². The van der Waals surface area contributed by atoms with E-state index in [9.17, 15) is 12.8 Å². The number of fused-ring (bicyclic) bond motifs is 1. The van der Waals surface area contributed by atoms with Crippen LogP contribution in [-0.4, -0.2) is 51.6 Å². The molecule has 10 heteroatoms. The second-order valence-electron chi connectivity index (χ2n) is 9.42. The fourth-order valence-corrected chi connectivity index (χ4v) is 5.99.